The van der Waals surface area contributed by atoms with Gasteiger partial charge in [-0.05, 0) is 31.9 Å². The molecule has 1 amide bonds. The fourth-order valence-corrected chi connectivity index (χ4v) is 2.28. The van der Waals surface area contributed by atoms with Gasteiger partial charge in [-0.3, -0.25) is 9.69 Å². The van der Waals surface area contributed by atoms with Crippen LogP contribution in [0.15, 0.2) is 30.9 Å². The maximum atomic E-state index is 12.2. The molecule has 0 saturated carbocycles. The van der Waals surface area contributed by atoms with Crippen LogP contribution < -0.4 is 4.90 Å². The molecular weight excluding hydrogens is 290 g/mol. The van der Waals surface area contributed by atoms with E-state index in [4.69, 9.17) is 16.3 Å². The van der Waals surface area contributed by atoms with Crippen molar-refractivity contribution in [2.24, 2.45) is 0 Å². The number of carbonyl (C=O) groups excluding carboxylic acids is 2. The highest BCUT2D eigenvalue weighted by atomic mass is 35.5. The molecule has 4 nitrogen and oxygen atoms in total. The lowest BCUT2D eigenvalue weighted by Gasteiger charge is -2.30. The molecule has 1 rings (SSSR count). The molecule has 1 aromatic carbocycles. The molecule has 0 spiro atoms. The summed E-state index contributed by atoms with van der Waals surface area (Å²) in [5.74, 6) is -1.03. The molecule has 0 aliphatic rings. The van der Waals surface area contributed by atoms with Crippen molar-refractivity contribution in [1.82, 2.24) is 0 Å². The molecule has 0 aliphatic carbocycles. The summed E-state index contributed by atoms with van der Waals surface area (Å²) in [7, 11) is 0. The van der Waals surface area contributed by atoms with Crippen molar-refractivity contribution in [2.75, 3.05) is 17.4 Å². The molecule has 114 valence electrons. The number of hydrogen-bond donors (Lipinski definition) is 0. The number of carbonyl (C=O) groups is 2. The van der Waals surface area contributed by atoms with Gasteiger partial charge in [-0.15, -0.1) is 11.6 Å². The number of ether oxygens (including phenoxy) is 1. The Balaban J connectivity index is 3.20. The number of benzene rings is 1. The predicted octanol–water partition coefficient (Wildman–Crippen LogP) is 2.99. The van der Waals surface area contributed by atoms with Crippen molar-refractivity contribution in [3.63, 3.8) is 0 Å². The fraction of sp³-hybridized carbons (Fsp3) is 0.375. The summed E-state index contributed by atoms with van der Waals surface area (Å²) >= 11 is 5.69. The minimum absolute atomic E-state index is 0.110. The lowest BCUT2D eigenvalue weighted by molar-refractivity contribution is -0.144. The Morgan fingerprint density at radius 3 is 2.43 bits per heavy atom. The molecule has 0 radical (unpaired) electrons. The SMILES string of the molecule is C=CCOC(=O)C(C)N(C(=O)CCl)c1c(C)cccc1C. The van der Waals surface area contributed by atoms with Crippen LogP contribution in [0.4, 0.5) is 5.69 Å². The normalized spacial score (nSPS) is 11.6. The topological polar surface area (TPSA) is 46.6 Å². The first kappa shape index (κ1) is 17.2. The standard InChI is InChI=1S/C16H20ClNO3/c1-5-9-21-16(20)13(4)18(14(19)10-17)15-11(2)7-6-8-12(15)3/h5-8,13H,1,9-10H2,2-4H3. The van der Waals surface area contributed by atoms with E-state index in [2.05, 4.69) is 6.58 Å². The van der Waals surface area contributed by atoms with E-state index in [-0.39, 0.29) is 18.4 Å². The van der Waals surface area contributed by atoms with Gasteiger partial charge >= 0.3 is 5.97 Å². The van der Waals surface area contributed by atoms with E-state index in [9.17, 15) is 9.59 Å². The fourth-order valence-electron chi connectivity index (χ4n) is 2.15. The molecule has 21 heavy (non-hydrogen) atoms. The van der Waals surface area contributed by atoms with Gasteiger partial charge in [0.05, 0.1) is 5.69 Å². The van der Waals surface area contributed by atoms with E-state index >= 15 is 0 Å². The van der Waals surface area contributed by atoms with Gasteiger partial charge in [-0.1, -0.05) is 30.9 Å². The third kappa shape index (κ3) is 4.08. The van der Waals surface area contributed by atoms with Crippen LogP contribution in [-0.4, -0.2) is 30.4 Å². The number of rotatable bonds is 6. The maximum absolute atomic E-state index is 12.2. The van der Waals surface area contributed by atoms with Crippen molar-refractivity contribution in [3.8, 4) is 0 Å². The van der Waals surface area contributed by atoms with Crippen LogP contribution in [-0.2, 0) is 14.3 Å². The molecule has 0 heterocycles. The van der Waals surface area contributed by atoms with Gasteiger partial charge in [-0.2, -0.15) is 0 Å². The average Bonchev–Trinajstić information content (AvgIpc) is 2.47. The maximum Gasteiger partial charge on any atom is 0.329 e. The Hall–Kier alpha value is -1.81. The van der Waals surface area contributed by atoms with E-state index in [1.54, 1.807) is 6.92 Å². The molecule has 5 heteroatoms. The van der Waals surface area contributed by atoms with Gasteiger partial charge in [0.25, 0.3) is 0 Å². The zero-order valence-electron chi connectivity index (χ0n) is 12.6. The van der Waals surface area contributed by atoms with Crippen LogP contribution in [0.3, 0.4) is 0 Å². The minimum Gasteiger partial charge on any atom is -0.460 e. The molecule has 0 N–H and O–H groups in total. The van der Waals surface area contributed by atoms with E-state index in [1.165, 1.54) is 11.0 Å². The number of alkyl halides is 1. The van der Waals surface area contributed by atoms with E-state index < -0.39 is 12.0 Å². The van der Waals surface area contributed by atoms with Gasteiger partial charge in [0.15, 0.2) is 0 Å². The lowest BCUT2D eigenvalue weighted by atomic mass is 10.1. The Morgan fingerprint density at radius 1 is 1.38 bits per heavy atom. The number of aryl methyl sites for hydroxylation is 2. The second-order valence-electron chi connectivity index (χ2n) is 4.73. The van der Waals surface area contributed by atoms with Gasteiger partial charge in [0.1, 0.15) is 18.5 Å². The summed E-state index contributed by atoms with van der Waals surface area (Å²) in [6.07, 6.45) is 1.48. The van der Waals surface area contributed by atoms with Gasteiger partial charge in [-0.25, -0.2) is 4.79 Å². The van der Waals surface area contributed by atoms with Crippen LogP contribution in [0, 0.1) is 13.8 Å². The molecule has 1 unspecified atom stereocenters. The Morgan fingerprint density at radius 2 is 1.95 bits per heavy atom. The highest BCUT2D eigenvalue weighted by Gasteiger charge is 2.29. The highest BCUT2D eigenvalue weighted by Crippen LogP contribution is 2.27. The lowest BCUT2D eigenvalue weighted by Crippen LogP contribution is -2.45. The number of amides is 1. The zero-order chi connectivity index (χ0) is 16.0. The molecule has 1 aromatic rings. The number of para-hydroxylation sites is 1. The summed E-state index contributed by atoms with van der Waals surface area (Å²) < 4.78 is 5.04. The van der Waals surface area contributed by atoms with Gasteiger partial charge < -0.3 is 4.74 Å². The third-order valence-electron chi connectivity index (χ3n) is 3.14. The Bertz CT molecular complexity index is 522. The van der Waals surface area contributed by atoms with Crippen LogP contribution in [0.25, 0.3) is 0 Å². The number of hydrogen-bond acceptors (Lipinski definition) is 3. The second kappa shape index (κ2) is 7.84. The molecular formula is C16H20ClNO3. The van der Waals surface area contributed by atoms with Crippen LogP contribution in [0.5, 0.6) is 0 Å². The van der Waals surface area contributed by atoms with Crippen LogP contribution >= 0.6 is 11.6 Å². The first-order valence-electron chi connectivity index (χ1n) is 6.65. The van der Waals surface area contributed by atoms with Crippen LogP contribution in [0.2, 0.25) is 0 Å². The highest BCUT2D eigenvalue weighted by molar-refractivity contribution is 6.29. The van der Waals surface area contributed by atoms with E-state index in [1.807, 2.05) is 32.0 Å². The first-order chi connectivity index (χ1) is 9.93. The monoisotopic (exact) mass is 309 g/mol. The first-order valence-corrected chi connectivity index (χ1v) is 7.19. The molecule has 0 saturated heterocycles. The number of halogens is 1. The minimum atomic E-state index is -0.754. The van der Waals surface area contributed by atoms with Crippen LogP contribution in [0.1, 0.15) is 18.1 Å². The largest absolute Gasteiger partial charge is 0.460 e. The van der Waals surface area contributed by atoms with Crippen molar-refractivity contribution >= 4 is 29.2 Å². The number of anilines is 1. The smallest absolute Gasteiger partial charge is 0.329 e. The Labute approximate surface area is 130 Å². The van der Waals surface area contributed by atoms with Crippen molar-refractivity contribution in [2.45, 2.75) is 26.8 Å². The van der Waals surface area contributed by atoms with Gasteiger partial charge in [0, 0.05) is 0 Å². The molecule has 0 aromatic heterocycles. The molecule has 0 fully saturated rings. The van der Waals surface area contributed by atoms with E-state index in [0.29, 0.717) is 5.69 Å². The summed E-state index contributed by atoms with van der Waals surface area (Å²) in [4.78, 5) is 25.7. The van der Waals surface area contributed by atoms with Crippen molar-refractivity contribution in [1.29, 1.82) is 0 Å². The van der Waals surface area contributed by atoms with Crippen molar-refractivity contribution in [3.05, 3.63) is 42.0 Å². The summed E-state index contributed by atoms with van der Waals surface area (Å²) in [5, 5.41) is 0. The van der Waals surface area contributed by atoms with E-state index in [0.717, 1.165) is 11.1 Å². The summed E-state index contributed by atoms with van der Waals surface area (Å²) in [5.41, 5.74) is 2.50. The number of nitrogens with zero attached hydrogens (tertiary/aromatic N) is 1. The third-order valence-corrected chi connectivity index (χ3v) is 3.36. The zero-order valence-corrected chi connectivity index (χ0v) is 13.3. The second-order valence-corrected chi connectivity index (χ2v) is 5.00. The summed E-state index contributed by atoms with van der Waals surface area (Å²) in [6.45, 7) is 9.01. The average molecular weight is 310 g/mol. The number of esters is 1. The Kier molecular flexibility index (Phi) is 6.43. The molecule has 0 bridgehead atoms. The predicted molar refractivity (Wildman–Crippen MR) is 84.7 cm³/mol. The molecule has 1 atom stereocenters. The molecule has 0 aliphatic heterocycles. The summed E-state index contributed by atoms with van der Waals surface area (Å²) in [6, 6.07) is 4.92. The van der Waals surface area contributed by atoms with Gasteiger partial charge in [0.2, 0.25) is 5.91 Å². The quantitative estimate of drug-likeness (QED) is 0.461. The van der Waals surface area contributed by atoms with Crippen molar-refractivity contribution < 1.29 is 14.3 Å².